The quantitative estimate of drug-likeness (QED) is 0.167. The zero-order chi connectivity index (χ0) is 45.6. The number of nitrogens with one attached hydrogen (secondary N) is 1. The van der Waals surface area contributed by atoms with E-state index in [1.165, 1.54) is 39.9 Å². The van der Waals surface area contributed by atoms with E-state index >= 15 is 18.0 Å². The highest BCUT2D eigenvalue weighted by Crippen LogP contribution is 2.53. The van der Waals surface area contributed by atoms with Crippen LogP contribution in [0.25, 0.3) is 33.6 Å². The van der Waals surface area contributed by atoms with Crippen LogP contribution >= 0.6 is 0 Å². The summed E-state index contributed by atoms with van der Waals surface area (Å²) >= 11 is 0. The van der Waals surface area contributed by atoms with Gasteiger partial charge in [0, 0.05) is 62.0 Å². The maximum Gasteiger partial charge on any atom is 0.338 e. The van der Waals surface area contributed by atoms with Gasteiger partial charge in [-0.3, -0.25) is 18.6 Å². The predicted octanol–water partition coefficient (Wildman–Crippen LogP) is 6.92. The van der Waals surface area contributed by atoms with Gasteiger partial charge in [0.15, 0.2) is 5.82 Å². The Hall–Kier alpha value is -6.50. The van der Waals surface area contributed by atoms with E-state index < -0.39 is 40.8 Å². The lowest BCUT2D eigenvalue weighted by molar-refractivity contribution is -0.102. The highest BCUT2D eigenvalue weighted by atomic mass is 19.1. The fourth-order valence-electron chi connectivity index (χ4n) is 10.8. The van der Waals surface area contributed by atoms with Crippen molar-refractivity contribution in [3.63, 3.8) is 0 Å². The van der Waals surface area contributed by atoms with Crippen LogP contribution in [0.15, 0.2) is 77.0 Å². The third kappa shape index (κ3) is 6.24. The lowest BCUT2D eigenvalue weighted by Crippen LogP contribution is -2.41. The molecule has 12 rings (SSSR count). The van der Waals surface area contributed by atoms with Crippen LogP contribution in [-0.4, -0.2) is 80.0 Å². The Bertz CT molecular complexity index is 3280. The van der Waals surface area contributed by atoms with Crippen molar-refractivity contribution in [1.82, 2.24) is 43.5 Å². The minimum absolute atomic E-state index is 0.0311. The number of amidine groups is 1. The molecule has 2 aliphatic carbocycles. The molecule has 1 amide bonds. The summed E-state index contributed by atoms with van der Waals surface area (Å²) in [5.74, 6) is -0.993. The van der Waals surface area contributed by atoms with Gasteiger partial charge in [0.1, 0.15) is 23.3 Å². The normalized spacial score (nSPS) is 22.2. The number of halogens is 3. The minimum atomic E-state index is -1.44. The number of hydroxylamine groups is 1. The number of aliphatic hydroxyl groups excluding tert-OH is 1. The molecule has 340 valence electrons. The zero-order valence-electron chi connectivity index (χ0n) is 36.8. The van der Waals surface area contributed by atoms with Crippen molar-refractivity contribution >= 4 is 28.2 Å². The van der Waals surface area contributed by atoms with E-state index in [-0.39, 0.29) is 41.2 Å². The molecule has 5 aromatic heterocycles. The lowest BCUT2D eigenvalue weighted by atomic mass is 9.83. The van der Waals surface area contributed by atoms with E-state index in [1.807, 2.05) is 26.8 Å². The van der Waals surface area contributed by atoms with Crippen molar-refractivity contribution in [2.24, 2.45) is 12.0 Å². The molecule has 2 saturated carbocycles. The zero-order valence-corrected chi connectivity index (χ0v) is 36.8. The number of aliphatic hydroxyl groups is 1. The molecule has 1 saturated heterocycles. The van der Waals surface area contributed by atoms with E-state index in [0.29, 0.717) is 101 Å². The van der Waals surface area contributed by atoms with E-state index in [2.05, 4.69) is 15.6 Å². The SMILES string of the molecule is C[C@H]1c2c(nn(-c3ccc(F)c(C4CC4)c3)c2-n2ccn(-c3ccc4c(cnn4C)c3F)c2=O)CCN1C(=O)c1cc2cc([C@@H]3CCOC(C)(C)C3)c(F)cn2c1C1(C2=NC(O)ON2)CC1. The number of aryl methyl sites for hydroxylation is 1. The fourth-order valence-corrected chi connectivity index (χ4v) is 10.8. The number of carbonyl (C=O) groups is 1. The second-order valence-corrected chi connectivity index (χ2v) is 19.1. The summed E-state index contributed by atoms with van der Waals surface area (Å²) in [7, 11) is 1.71. The van der Waals surface area contributed by atoms with Crippen molar-refractivity contribution in [1.29, 1.82) is 0 Å². The predicted molar refractivity (Wildman–Crippen MR) is 236 cm³/mol. The van der Waals surface area contributed by atoms with Crippen molar-refractivity contribution < 1.29 is 32.6 Å². The van der Waals surface area contributed by atoms with Gasteiger partial charge in [0.2, 0.25) is 0 Å². The molecule has 5 aliphatic rings. The van der Waals surface area contributed by atoms with Gasteiger partial charge in [0.05, 0.1) is 56.8 Å². The topological polar surface area (TPSA) is 150 Å². The van der Waals surface area contributed by atoms with Crippen molar-refractivity contribution in [2.45, 2.75) is 101 Å². The van der Waals surface area contributed by atoms with Crippen LogP contribution < -0.4 is 11.2 Å². The van der Waals surface area contributed by atoms with E-state index in [9.17, 15) is 9.90 Å². The van der Waals surface area contributed by atoms with Crippen LogP contribution in [0.4, 0.5) is 13.2 Å². The number of carbonyl (C=O) groups excluding carboxylic acids is 1. The first-order valence-electron chi connectivity index (χ1n) is 22.5. The van der Waals surface area contributed by atoms with Crippen LogP contribution in [-0.2, 0) is 28.5 Å². The Balaban J connectivity index is 0.997. The molecule has 0 bridgehead atoms. The number of amides is 1. The summed E-state index contributed by atoms with van der Waals surface area (Å²) in [4.78, 5) is 41.5. The highest BCUT2D eigenvalue weighted by molar-refractivity contribution is 6.03. The number of benzene rings is 2. The number of pyridine rings is 1. The van der Waals surface area contributed by atoms with Crippen LogP contribution in [0.3, 0.4) is 0 Å². The molecule has 66 heavy (non-hydrogen) atoms. The molecule has 3 atom stereocenters. The molecule has 0 spiro atoms. The maximum atomic E-state index is 16.5. The van der Waals surface area contributed by atoms with Gasteiger partial charge in [-0.15, -0.1) is 0 Å². The van der Waals surface area contributed by atoms with Gasteiger partial charge >= 0.3 is 5.69 Å². The Morgan fingerprint density at radius 3 is 2.50 bits per heavy atom. The second kappa shape index (κ2) is 14.5. The number of imidazole rings is 1. The van der Waals surface area contributed by atoms with Gasteiger partial charge in [0.25, 0.3) is 12.3 Å². The van der Waals surface area contributed by atoms with Crippen LogP contribution in [0.1, 0.15) is 116 Å². The standard InChI is InChI=1S/C48H47F3N10O5/c1-25-39-36(54-61(28-7-8-34(49)30(19-28)26-5-6-26)42(39)59-17-16-58(46(59)64)38-10-9-37-33(40(38)51)23-52-56(37)4)11-15-57(25)43(62)32-21-29-20-31(27-12-18-65-47(2,3)22-27)35(50)24-60(29)41(32)48(13-14-48)44-53-45(63)66-55-44/h7-10,16-17,19-21,23-27,45,63H,5-6,11-15,18,22H2,1-4H3,(H,53,55)/t25-,27+,45?/m0/s1. The molecular formula is C48H47F3N10O5. The number of ether oxygens (including phenoxy) is 1. The summed E-state index contributed by atoms with van der Waals surface area (Å²) in [5.41, 5.74) is 5.86. The van der Waals surface area contributed by atoms with Crippen LogP contribution in [0.2, 0.25) is 0 Å². The number of aromatic nitrogens is 7. The summed E-state index contributed by atoms with van der Waals surface area (Å²) < 4.78 is 61.4. The lowest BCUT2D eigenvalue weighted by Gasteiger charge is -2.36. The number of fused-ring (bicyclic) bond motifs is 3. The largest absolute Gasteiger partial charge is 0.376 e. The second-order valence-electron chi connectivity index (χ2n) is 19.1. The Morgan fingerprint density at radius 2 is 1.76 bits per heavy atom. The number of aliphatic imine (C=N–C) groups is 1. The fraction of sp³-hybridized carbons (Fsp3) is 0.396. The summed E-state index contributed by atoms with van der Waals surface area (Å²) in [6.45, 7) is 6.64. The monoisotopic (exact) mass is 900 g/mol. The molecule has 2 N–H and O–H groups in total. The average Bonchev–Trinajstić information content (AvgIpc) is 4.04. The molecule has 7 aromatic rings. The number of hydrogen-bond donors (Lipinski definition) is 2. The van der Waals surface area contributed by atoms with Gasteiger partial charge < -0.3 is 19.1 Å². The molecule has 3 fully saturated rings. The third-order valence-corrected chi connectivity index (χ3v) is 14.5. The smallest absolute Gasteiger partial charge is 0.338 e. The number of hydrogen-bond acceptors (Lipinski definition) is 9. The molecule has 3 aliphatic heterocycles. The molecular weight excluding hydrogens is 854 g/mol. The average molecular weight is 901 g/mol. The first-order chi connectivity index (χ1) is 31.7. The number of rotatable bonds is 8. The highest BCUT2D eigenvalue weighted by Gasteiger charge is 2.55. The Labute approximate surface area is 375 Å². The number of nitrogens with zero attached hydrogens (tertiary/aromatic N) is 9. The summed E-state index contributed by atoms with van der Waals surface area (Å²) in [6.07, 6.45) is 8.92. The van der Waals surface area contributed by atoms with Crippen molar-refractivity contribution in [2.75, 3.05) is 13.2 Å². The first kappa shape index (κ1) is 41.0. The molecule has 8 heterocycles. The molecule has 1 unspecified atom stereocenters. The minimum Gasteiger partial charge on any atom is -0.376 e. The molecule has 0 radical (unpaired) electrons. The van der Waals surface area contributed by atoms with Crippen LogP contribution in [0.5, 0.6) is 0 Å². The van der Waals surface area contributed by atoms with E-state index in [1.54, 1.807) is 56.2 Å². The Kier molecular flexibility index (Phi) is 9.00. The third-order valence-electron chi connectivity index (χ3n) is 14.5. The van der Waals surface area contributed by atoms with Gasteiger partial charge in [-0.25, -0.2) is 38.0 Å². The van der Waals surface area contributed by atoms with Gasteiger partial charge in [-0.2, -0.15) is 10.2 Å². The van der Waals surface area contributed by atoms with Crippen molar-refractivity contribution in [3.05, 3.63) is 129 Å². The van der Waals surface area contributed by atoms with Crippen LogP contribution in [0, 0.1) is 17.5 Å². The summed E-state index contributed by atoms with van der Waals surface area (Å²) in [5, 5.41) is 19.8. The maximum absolute atomic E-state index is 16.5. The van der Waals surface area contributed by atoms with E-state index in [4.69, 9.17) is 14.7 Å². The molecule has 15 nitrogen and oxygen atoms in total. The molecule has 2 aromatic carbocycles. The summed E-state index contributed by atoms with van der Waals surface area (Å²) in [6, 6.07) is 11.0. The van der Waals surface area contributed by atoms with Crippen molar-refractivity contribution in [3.8, 4) is 17.2 Å². The van der Waals surface area contributed by atoms with Gasteiger partial charge in [-0.1, -0.05) is 0 Å². The Morgan fingerprint density at radius 1 is 0.970 bits per heavy atom. The van der Waals surface area contributed by atoms with Gasteiger partial charge in [-0.05, 0) is 125 Å². The first-order valence-corrected chi connectivity index (χ1v) is 22.5. The van der Waals surface area contributed by atoms with E-state index in [0.717, 1.165) is 12.8 Å². The molecule has 18 heteroatoms.